The summed E-state index contributed by atoms with van der Waals surface area (Å²) in [6.07, 6.45) is 0. The van der Waals surface area contributed by atoms with Crippen LogP contribution in [0.25, 0.3) is 0 Å². The molecule has 0 aromatic heterocycles. The molecule has 0 saturated carbocycles. The lowest BCUT2D eigenvalue weighted by Gasteiger charge is -2.53. The second-order valence-corrected chi connectivity index (χ2v) is 6.44. The summed E-state index contributed by atoms with van der Waals surface area (Å²) < 4.78 is 0.890. The molecule has 0 radical (unpaired) electrons. The summed E-state index contributed by atoms with van der Waals surface area (Å²) in [4.78, 5) is 2.37. The Morgan fingerprint density at radius 2 is 1.55 bits per heavy atom. The van der Waals surface area contributed by atoms with Gasteiger partial charge >= 0.3 is 0 Å². The Bertz CT molecular complexity index is 618. The van der Waals surface area contributed by atoms with Gasteiger partial charge in [0.1, 0.15) is 11.2 Å². The summed E-state index contributed by atoms with van der Waals surface area (Å²) in [7, 11) is 4.52. The van der Waals surface area contributed by atoms with Gasteiger partial charge in [0, 0.05) is 12.6 Å². The zero-order chi connectivity index (χ0) is 14.4. The van der Waals surface area contributed by atoms with Crippen LogP contribution in [0.4, 0.5) is 11.4 Å². The van der Waals surface area contributed by atoms with E-state index in [1.54, 1.807) is 0 Å². The van der Waals surface area contributed by atoms with Crippen LogP contribution in [0.15, 0.2) is 54.6 Å². The SMILES string of the molecule is CN1C[N+](C)(c2ccccc2)C(C)(C)c2ccccc21. The summed E-state index contributed by atoms with van der Waals surface area (Å²) in [5.74, 6) is 0. The highest BCUT2D eigenvalue weighted by atomic mass is 15.5. The van der Waals surface area contributed by atoms with Crippen LogP contribution in [-0.2, 0) is 5.54 Å². The minimum absolute atomic E-state index is 0.0461. The Labute approximate surface area is 121 Å². The molecule has 1 aliphatic heterocycles. The first-order valence-corrected chi connectivity index (χ1v) is 7.19. The fraction of sp³-hybridized carbons (Fsp3) is 0.333. The first kappa shape index (κ1) is 13.2. The Morgan fingerprint density at radius 3 is 2.25 bits per heavy atom. The maximum atomic E-state index is 2.37. The van der Waals surface area contributed by atoms with Crippen molar-refractivity contribution in [1.29, 1.82) is 0 Å². The van der Waals surface area contributed by atoms with Crippen LogP contribution in [0.2, 0.25) is 0 Å². The molecule has 0 bridgehead atoms. The number of hydrogen-bond acceptors (Lipinski definition) is 1. The highest BCUT2D eigenvalue weighted by molar-refractivity contribution is 5.62. The van der Waals surface area contributed by atoms with E-state index in [0.717, 1.165) is 11.2 Å². The van der Waals surface area contributed by atoms with Crippen LogP contribution in [0.3, 0.4) is 0 Å². The molecule has 1 atom stereocenters. The van der Waals surface area contributed by atoms with Crippen molar-refractivity contribution in [2.24, 2.45) is 0 Å². The number of rotatable bonds is 1. The average Bonchev–Trinajstić information content (AvgIpc) is 2.46. The summed E-state index contributed by atoms with van der Waals surface area (Å²) in [6.45, 7) is 5.69. The van der Waals surface area contributed by atoms with Crippen molar-refractivity contribution in [3.8, 4) is 0 Å². The number of anilines is 1. The third-order valence-electron chi connectivity index (χ3n) is 5.03. The van der Waals surface area contributed by atoms with Crippen LogP contribution in [0.1, 0.15) is 19.4 Å². The van der Waals surface area contributed by atoms with Gasteiger partial charge in [0.2, 0.25) is 0 Å². The molecule has 1 heterocycles. The Balaban J connectivity index is 2.21. The molecule has 20 heavy (non-hydrogen) atoms. The normalized spacial score (nSPS) is 24.3. The van der Waals surface area contributed by atoms with Crippen molar-refractivity contribution in [3.63, 3.8) is 0 Å². The van der Waals surface area contributed by atoms with Gasteiger partial charge < -0.3 is 4.90 Å². The van der Waals surface area contributed by atoms with Crippen molar-refractivity contribution < 1.29 is 0 Å². The van der Waals surface area contributed by atoms with E-state index < -0.39 is 0 Å². The van der Waals surface area contributed by atoms with Gasteiger partial charge in [-0.05, 0) is 32.0 Å². The second kappa shape index (κ2) is 4.35. The number of para-hydroxylation sites is 2. The van der Waals surface area contributed by atoms with Crippen molar-refractivity contribution in [3.05, 3.63) is 60.2 Å². The first-order chi connectivity index (χ1) is 9.47. The molecular formula is C18H23N2+. The van der Waals surface area contributed by atoms with Crippen LogP contribution < -0.4 is 9.38 Å². The van der Waals surface area contributed by atoms with E-state index in [0.29, 0.717) is 0 Å². The molecule has 2 nitrogen and oxygen atoms in total. The smallest absolute Gasteiger partial charge is 0.159 e. The van der Waals surface area contributed by atoms with Gasteiger partial charge in [-0.25, -0.2) is 0 Å². The van der Waals surface area contributed by atoms with Gasteiger partial charge in [0.05, 0.1) is 12.7 Å². The van der Waals surface area contributed by atoms with E-state index in [-0.39, 0.29) is 5.54 Å². The third-order valence-corrected chi connectivity index (χ3v) is 5.03. The maximum absolute atomic E-state index is 2.37. The molecular weight excluding hydrogens is 244 g/mol. The number of hydrogen-bond donors (Lipinski definition) is 0. The molecule has 0 spiro atoms. The molecule has 1 aliphatic rings. The van der Waals surface area contributed by atoms with Crippen molar-refractivity contribution in [1.82, 2.24) is 4.48 Å². The van der Waals surface area contributed by atoms with Crippen molar-refractivity contribution >= 4 is 11.4 Å². The maximum Gasteiger partial charge on any atom is 0.159 e. The fourth-order valence-electron chi connectivity index (χ4n) is 3.43. The van der Waals surface area contributed by atoms with Gasteiger partial charge in [-0.3, -0.25) is 4.48 Å². The van der Waals surface area contributed by atoms with Gasteiger partial charge in [0.15, 0.2) is 6.67 Å². The molecule has 0 amide bonds. The quantitative estimate of drug-likeness (QED) is 0.707. The van der Waals surface area contributed by atoms with Gasteiger partial charge in [-0.2, -0.15) is 0 Å². The largest absolute Gasteiger partial charge is 0.327 e. The molecule has 2 heteroatoms. The highest BCUT2D eigenvalue weighted by Gasteiger charge is 2.49. The monoisotopic (exact) mass is 267 g/mol. The first-order valence-electron chi connectivity index (χ1n) is 7.19. The predicted octanol–water partition coefficient (Wildman–Crippen LogP) is 3.97. The molecule has 0 fully saturated rings. The van der Waals surface area contributed by atoms with Gasteiger partial charge in [-0.1, -0.05) is 36.4 Å². The lowest BCUT2D eigenvalue weighted by atomic mass is 9.85. The number of benzene rings is 2. The summed E-state index contributed by atoms with van der Waals surface area (Å²) in [6, 6.07) is 19.6. The molecule has 3 rings (SSSR count). The molecule has 104 valence electrons. The fourth-order valence-corrected chi connectivity index (χ4v) is 3.43. The van der Waals surface area contributed by atoms with Crippen molar-refractivity contribution in [2.75, 3.05) is 25.7 Å². The molecule has 0 N–H and O–H groups in total. The van der Waals surface area contributed by atoms with Crippen LogP contribution in [0, 0.1) is 0 Å². The highest BCUT2D eigenvalue weighted by Crippen LogP contribution is 2.45. The molecule has 1 unspecified atom stereocenters. The predicted molar refractivity (Wildman–Crippen MR) is 86.9 cm³/mol. The Hall–Kier alpha value is -1.80. The number of quaternary nitrogens is 1. The molecule has 2 aromatic carbocycles. The van der Waals surface area contributed by atoms with E-state index in [9.17, 15) is 0 Å². The zero-order valence-electron chi connectivity index (χ0n) is 12.8. The van der Waals surface area contributed by atoms with E-state index >= 15 is 0 Å². The zero-order valence-corrected chi connectivity index (χ0v) is 12.8. The van der Waals surface area contributed by atoms with Crippen LogP contribution in [-0.4, -0.2) is 20.8 Å². The van der Waals surface area contributed by atoms with E-state index in [1.165, 1.54) is 16.9 Å². The second-order valence-electron chi connectivity index (χ2n) is 6.44. The summed E-state index contributed by atoms with van der Waals surface area (Å²) in [5.41, 5.74) is 4.17. The summed E-state index contributed by atoms with van der Waals surface area (Å²) in [5, 5.41) is 0. The number of fused-ring (bicyclic) bond motifs is 1. The summed E-state index contributed by atoms with van der Waals surface area (Å²) >= 11 is 0. The van der Waals surface area contributed by atoms with Crippen LogP contribution in [0.5, 0.6) is 0 Å². The topological polar surface area (TPSA) is 3.24 Å². The number of nitrogens with zero attached hydrogens (tertiary/aromatic N) is 2. The van der Waals surface area contributed by atoms with E-state index in [2.05, 4.69) is 87.4 Å². The minimum atomic E-state index is 0.0461. The average molecular weight is 267 g/mol. The van der Waals surface area contributed by atoms with Crippen molar-refractivity contribution in [2.45, 2.75) is 19.4 Å². The van der Waals surface area contributed by atoms with Gasteiger partial charge in [-0.15, -0.1) is 0 Å². The Morgan fingerprint density at radius 1 is 0.950 bits per heavy atom. The van der Waals surface area contributed by atoms with E-state index in [1.807, 2.05) is 0 Å². The molecule has 0 aliphatic carbocycles. The van der Waals surface area contributed by atoms with E-state index in [4.69, 9.17) is 0 Å². The molecule has 0 saturated heterocycles. The third kappa shape index (κ3) is 1.68. The van der Waals surface area contributed by atoms with Gasteiger partial charge in [0.25, 0.3) is 0 Å². The standard InChI is InChI=1S/C18H23N2/c1-18(2)16-12-8-9-13-17(16)19(3)14-20(18,4)15-10-6-5-7-11-15/h5-13H,14H2,1-4H3/q+1. The lowest BCUT2D eigenvalue weighted by Crippen LogP contribution is -2.65. The molecule has 2 aromatic rings. The van der Waals surface area contributed by atoms with Crippen LogP contribution >= 0.6 is 0 Å². The lowest BCUT2D eigenvalue weighted by molar-refractivity contribution is 0.150. The minimum Gasteiger partial charge on any atom is -0.327 e. The Kier molecular flexibility index (Phi) is 2.87.